The molecule has 3 amide bonds. The van der Waals surface area contributed by atoms with E-state index in [4.69, 9.17) is 14.0 Å². The number of rotatable bonds is 6. The minimum Gasteiger partial charge on any atom is -0.493 e. The number of urea groups is 1. The molecule has 2 aromatic carbocycles. The predicted octanol–water partition coefficient (Wildman–Crippen LogP) is 3.00. The molecule has 1 N–H and O–H groups in total. The van der Waals surface area contributed by atoms with Crippen LogP contribution < -0.4 is 14.8 Å². The van der Waals surface area contributed by atoms with Crippen molar-refractivity contribution < 1.29 is 32.4 Å². The second-order valence-corrected chi connectivity index (χ2v) is 7.15. The number of benzene rings is 2. The zero-order chi connectivity index (χ0) is 23.0. The van der Waals surface area contributed by atoms with E-state index >= 15 is 0 Å². The van der Waals surface area contributed by atoms with Crippen molar-refractivity contribution in [3.63, 3.8) is 0 Å². The Hall–Kier alpha value is -4.02. The summed E-state index contributed by atoms with van der Waals surface area (Å²) in [4.78, 5) is 30.4. The van der Waals surface area contributed by atoms with Crippen LogP contribution in [-0.4, -0.2) is 41.2 Å². The highest BCUT2D eigenvalue weighted by atomic mass is 19.1. The number of methoxy groups -OCH3 is 2. The first kappa shape index (κ1) is 21.2. The third-order valence-electron chi connectivity index (χ3n) is 5.15. The molecule has 11 heteroatoms. The van der Waals surface area contributed by atoms with Crippen molar-refractivity contribution in [1.82, 2.24) is 20.4 Å². The van der Waals surface area contributed by atoms with Crippen molar-refractivity contribution in [2.75, 3.05) is 14.2 Å². The number of aromatic nitrogens is 2. The van der Waals surface area contributed by atoms with Gasteiger partial charge in [-0.1, -0.05) is 5.16 Å². The van der Waals surface area contributed by atoms with Crippen LogP contribution in [0.15, 0.2) is 40.9 Å². The summed E-state index contributed by atoms with van der Waals surface area (Å²) in [5.74, 6) is -1.19. The Labute approximate surface area is 180 Å². The van der Waals surface area contributed by atoms with Gasteiger partial charge in [-0.2, -0.15) is 4.98 Å². The zero-order valence-corrected chi connectivity index (χ0v) is 17.3. The van der Waals surface area contributed by atoms with Gasteiger partial charge < -0.3 is 19.3 Å². The van der Waals surface area contributed by atoms with Gasteiger partial charge >= 0.3 is 6.03 Å². The molecule has 2 heterocycles. The summed E-state index contributed by atoms with van der Waals surface area (Å²) in [7, 11) is 2.99. The smallest absolute Gasteiger partial charge is 0.325 e. The number of hydrogen-bond donors (Lipinski definition) is 1. The SMILES string of the molecule is COc1ccc(-c2noc(CN3C(=O)N[C@](C)(c4cc(F)ccc4F)C3=O)n2)cc1OC. The number of carbonyl (C=O) groups is 2. The molecule has 1 atom stereocenters. The summed E-state index contributed by atoms with van der Waals surface area (Å²) in [6.45, 7) is 0.950. The number of imide groups is 1. The molecule has 1 fully saturated rings. The largest absolute Gasteiger partial charge is 0.493 e. The van der Waals surface area contributed by atoms with Crippen molar-refractivity contribution >= 4 is 11.9 Å². The highest BCUT2D eigenvalue weighted by Crippen LogP contribution is 2.33. The average Bonchev–Trinajstić information content (AvgIpc) is 3.34. The van der Waals surface area contributed by atoms with E-state index in [1.54, 1.807) is 18.2 Å². The normalized spacial score (nSPS) is 18.1. The Bertz CT molecular complexity index is 1210. The molecular weight excluding hydrogens is 426 g/mol. The first-order chi connectivity index (χ1) is 15.3. The predicted molar refractivity (Wildman–Crippen MR) is 106 cm³/mol. The van der Waals surface area contributed by atoms with Crippen LogP contribution in [0.5, 0.6) is 11.5 Å². The first-order valence-electron chi connectivity index (χ1n) is 9.41. The van der Waals surface area contributed by atoms with Crippen LogP contribution in [0.2, 0.25) is 0 Å². The molecule has 1 saturated heterocycles. The molecule has 166 valence electrons. The van der Waals surface area contributed by atoms with Gasteiger partial charge in [0.2, 0.25) is 11.7 Å². The summed E-state index contributed by atoms with van der Waals surface area (Å²) < 4.78 is 43.6. The summed E-state index contributed by atoms with van der Waals surface area (Å²) in [6.07, 6.45) is 0. The zero-order valence-electron chi connectivity index (χ0n) is 17.3. The Morgan fingerprint density at radius 1 is 1.09 bits per heavy atom. The fourth-order valence-electron chi connectivity index (χ4n) is 3.45. The fourth-order valence-corrected chi connectivity index (χ4v) is 3.45. The third kappa shape index (κ3) is 3.51. The number of carbonyl (C=O) groups excluding carboxylic acids is 2. The molecule has 0 bridgehead atoms. The molecule has 3 aromatic rings. The summed E-state index contributed by atoms with van der Waals surface area (Å²) >= 11 is 0. The number of nitrogens with one attached hydrogen (secondary N) is 1. The van der Waals surface area contributed by atoms with E-state index in [9.17, 15) is 18.4 Å². The number of halogens is 2. The Balaban J connectivity index is 1.58. The van der Waals surface area contributed by atoms with Crippen molar-refractivity contribution in [1.29, 1.82) is 0 Å². The highest BCUT2D eigenvalue weighted by molar-refractivity contribution is 6.07. The van der Waals surface area contributed by atoms with E-state index in [0.717, 1.165) is 23.1 Å². The summed E-state index contributed by atoms with van der Waals surface area (Å²) in [6, 6.07) is 6.89. The number of amides is 3. The number of nitrogens with zero attached hydrogens (tertiary/aromatic N) is 3. The number of hydrogen-bond acceptors (Lipinski definition) is 7. The molecule has 32 heavy (non-hydrogen) atoms. The van der Waals surface area contributed by atoms with Crippen molar-refractivity contribution in [3.05, 3.63) is 59.5 Å². The van der Waals surface area contributed by atoms with Gasteiger partial charge in [-0.3, -0.25) is 9.69 Å². The van der Waals surface area contributed by atoms with Crippen molar-refractivity contribution in [2.24, 2.45) is 0 Å². The number of ether oxygens (including phenoxy) is 2. The van der Waals surface area contributed by atoms with E-state index < -0.39 is 29.1 Å². The molecule has 1 aliphatic rings. The average molecular weight is 444 g/mol. The van der Waals surface area contributed by atoms with Gasteiger partial charge in [0.05, 0.1) is 14.2 Å². The van der Waals surface area contributed by atoms with Gasteiger partial charge in [-0.25, -0.2) is 13.6 Å². The van der Waals surface area contributed by atoms with E-state index in [2.05, 4.69) is 15.5 Å². The second-order valence-electron chi connectivity index (χ2n) is 7.15. The standard InChI is InChI=1S/C21H18F2N4O5/c1-21(13-9-12(22)5-6-14(13)23)19(28)27(20(29)25-21)10-17-24-18(26-32-17)11-4-7-15(30-2)16(8-11)31-3/h4-9H,10H2,1-3H3,(H,25,29)/t21-/m1/s1. The van der Waals surface area contributed by atoms with Crippen LogP contribution in [0.3, 0.4) is 0 Å². The molecule has 0 spiro atoms. The van der Waals surface area contributed by atoms with E-state index in [1.165, 1.54) is 21.1 Å². The quantitative estimate of drug-likeness (QED) is 0.583. The van der Waals surface area contributed by atoms with Crippen molar-refractivity contribution in [3.8, 4) is 22.9 Å². The lowest BCUT2D eigenvalue weighted by molar-refractivity contribution is -0.131. The van der Waals surface area contributed by atoms with Gasteiger partial charge in [0.25, 0.3) is 5.91 Å². The topological polar surface area (TPSA) is 107 Å². The van der Waals surface area contributed by atoms with Gasteiger partial charge in [-0.05, 0) is 43.3 Å². The first-order valence-corrected chi connectivity index (χ1v) is 9.41. The molecule has 1 aromatic heterocycles. The molecule has 4 rings (SSSR count). The summed E-state index contributed by atoms with van der Waals surface area (Å²) in [5.41, 5.74) is -1.51. The van der Waals surface area contributed by atoms with Crippen LogP contribution in [0.25, 0.3) is 11.4 Å². The Morgan fingerprint density at radius 2 is 1.84 bits per heavy atom. The molecule has 9 nitrogen and oxygen atoms in total. The van der Waals surface area contributed by atoms with Crippen LogP contribution in [0.4, 0.5) is 13.6 Å². The lowest BCUT2D eigenvalue weighted by atomic mass is 9.91. The van der Waals surface area contributed by atoms with Gasteiger partial charge in [0.15, 0.2) is 11.5 Å². The maximum Gasteiger partial charge on any atom is 0.325 e. The minimum atomic E-state index is -1.78. The van der Waals surface area contributed by atoms with Crippen LogP contribution in [0.1, 0.15) is 18.4 Å². The second kappa shape index (κ2) is 7.91. The molecular formula is C21H18F2N4O5. The third-order valence-corrected chi connectivity index (χ3v) is 5.15. The van der Waals surface area contributed by atoms with E-state index in [-0.39, 0.29) is 23.8 Å². The van der Waals surface area contributed by atoms with Crippen LogP contribution in [0, 0.1) is 11.6 Å². The highest BCUT2D eigenvalue weighted by Gasteiger charge is 2.50. The van der Waals surface area contributed by atoms with Crippen LogP contribution in [-0.2, 0) is 16.9 Å². The minimum absolute atomic E-state index is 0.0257. The molecule has 0 saturated carbocycles. The van der Waals surface area contributed by atoms with Crippen molar-refractivity contribution in [2.45, 2.75) is 19.0 Å². The molecule has 1 aliphatic heterocycles. The Kier molecular flexibility index (Phi) is 5.25. The Morgan fingerprint density at radius 3 is 2.56 bits per heavy atom. The lowest BCUT2D eigenvalue weighted by Crippen LogP contribution is -2.41. The van der Waals surface area contributed by atoms with Crippen LogP contribution >= 0.6 is 0 Å². The molecule has 0 aliphatic carbocycles. The molecule has 0 radical (unpaired) electrons. The van der Waals surface area contributed by atoms with Gasteiger partial charge in [0, 0.05) is 11.1 Å². The maximum absolute atomic E-state index is 14.3. The van der Waals surface area contributed by atoms with Gasteiger partial charge in [0.1, 0.15) is 23.7 Å². The summed E-state index contributed by atoms with van der Waals surface area (Å²) in [5, 5.41) is 6.28. The maximum atomic E-state index is 14.3. The monoisotopic (exact) mass is 444 g/mol. The lowest BCUT2D eigenvalue weighted by Gasteiger charge is -2.22. The van der Waals surface area contributed by atoms with Gasteiger partial charge in [-0.15, -0.1) is 0 Å². The molecule has 0 unspecified atom stereocenters. The van der Waals surface area contributed by atoms with E-state index in [1.807, 2.05) is 0 Å². The fraction of sp³-hybridized carbons (Fsp3) is 0.238. The van der Waals surface area contributed by atoms with E-state index in [0.29, 0.717) is 17.1 Å².